The molecule has 7 rings (SSSR count). The minimum atomic E-state index is -1.07. The number of carboxylic acid groups (broad SMARTS) is 1. The maximum atomic E-state index is 12.6. The van der Waals surface area contributed by atoms with E-state index in [4.69, 9.17) is 19.7 Å². The molecule has 5 aromatic carbocycles. The number of aromatic carboxylic acids is 1. The molecule has 0 saturated carbocycles. The van der Waals surface area contributed by atoms with E-state index in [2.05, 4.69) is 4.90 Å². The number of aromatic hydroxyl groups is 3. The third kappa shape index (κ3) is 8.25. The number of carbonyl (C=O) groups excluding carboxylic acids is 1. The lowest BCUT2D eigenvalue weighted by atomic mass is 9.86. The highest BCUT2D eigenvalue weighted by Gasteiger charge is 2.30. The van der Waals surface area contributed by atoms with Gasteiger partial charge >= 0.3 is 5.97 Å². The maximum Gasteiger partial charge on any atom is 0.335 e. The van der Waals surface area contributed by atoms with Crippen molar-refractivity contribution >= 4 is 22.9 Å². The SMILES string of the molecule is CC1=C(c2cccc(O)c2)[C@@H](c2ccc(OCCN3CC(CF)C3)cc2)Oc2ccc(O)cc21.O=C(O)c1cccc(C(=O)c2ccc(O)cc2)c1. The molecule has 4 N–H and O–H groups in total. The molecule has 9 nitrogen and oxygen atoms in total. The van der Waals surface area contributed by atoms with Crippen molar-refractivity contribution in [2.75, 3.05) is 32.9 Å². The van der Waals surface area contributed by atoms with Crippen molar-refractivity contribution in [1.29, 1.82) is 0 Å². The number of likely N-dealkylation sites (tertiary alicyclic amines) is 1. The predicted molar refractivity (Wildman–Crippen MR) is 195 cm³/mol. The summed E-state index contributed by atoms with van der Waals surface area (Å²) in [6.07, 6.45) is -0.383. The van der Waals surface area contributed by atoms with E-state index in [-0.39, 0.29) is 47.3 Å². The molecule has 0 unspecified atom stereocenters. The van der Waals surface area contributed by atoms with Crippen LogP contribution in [0.3, 0.4) is 0 Å². The summed E-state index contributed by atoms with van der Waals surface area (Å²) in [5, 5.41) is 38.1. The van der Waals surface area contributed by atoms with Crippen molar-refractivity contribution < 1.29 is 43.9 Å². The Bertz CT molecular complexity index is 2090. The topological polar surface area (TPSA) is 137 Å². The zero-order chi connectivity index (χ0) is 36.8. The number of hydrogen-bond acceptors (Lipinski definition) is 8. The number of benzene rings is 5. The Balaban J connectivity index is 0.000000217. The molecular formula is C42H38FNO8. The molecule has 1 atom stereocenters. The second-order valence-electron chi connectivity index (χ2n) is 12.7. The molecule has 0 aromatic heterocycles. The van der Waals surface area contributed by atoms with Crippen LogP contribution < -0.4 is 9.47 Å². The Kier molecular flexibility index (Phi) is 10.9. The van der Waals surface area contributed by atoms with Gasteiger partial charge in [-0.15, -0.1) is 0 Å². The average Bonchev–Trinajstić information content (AvgIpc) is 3.13. The van der Waals surface area contributed by atoms with Gasteiger partial charge in [-0.05, 0) is 102 Å². The minimum absolute atomic E-state index is 0.0691. The molecule has 2 aliphatic rings. The lowest BCUT2D eigenvalue weighted by Crippen LogP contribution is -2.49. The number of phenolic OH excluding ortho intramolecular Hbond substituents is 3. The lowest BCUT2D eigenvalue weighted by molar-refractivity contribution is 0.0668. The number of ether oxygens (including phenoxy) is 2. The molecular weight excluding hydrogens is 665 g/mol. The number of nitrogens with zero attached hydrogens (tertiary/aromatic N) is 1. The number of allylic oxidation sites excluding steroid dienone is 1. The summed E-state index contributed by atoms with van der Waals surface area (Å²) in [5.41, 5.74) is 5.33. The number of carbonyl (C=O) groups is 2. The summed E-state index contributed by atoms with van der Waals surface area (Å²) in [6.45, 7) is 4.72. The Morgan fingerprint density at radius 2 is 1.46 bits per heavy atom. The van der Waals surface area contributed by atoms with Crippen LogP contribution in [-0.2, 0) is 0 Å². The summed E-state index contributed by atoms with van der Waals surface area (Å²) in [7, 11) is 0. The van der Waals surface area contributed by atoms with E-state index >= 15 is 0 Å². The van der Waals surface area contributed by atoms with E-state index < -0.39 is 5.97 Å². The largest absolute Gasteiger partial charge is 0.508 e. The van der Waals surface area contributed by atoms with Crippen LogP contribution in [0.25, 0.3) is 11.1 Å². The van der Waals surface area contributed by atoms with Gasteiger partial charge in [-0.1, -0.05) is 36.4 Å². The zero-order valence-corrected chi connectivity index (χ0v) is 28.4. The van der Waals surface area contributed by atoms with Gasteiger partial charge in [-0.3, -0.25) is 14.1 Å². The van der Waals surface area contributed by atoms with Crippen LogP contribution in [0.4, 0.5) is 4.39 Å². The van der Waals surface area contributed by atoms with Gasteiger partial charge < -0.3 is 29.9 Å². The minimum Gasteiger partial charge on any atom is -0.508 e. The molecule has 2 heterocycles. The third-order valence-electron chi connectivity index (χ3n) is 9.05. The molecule has 0 bridgehead atoms. The van der Waals surface area contributed by atoms with Gasteiger partial charge in [0.1, 0.15) is 41.5 Å². The summed E-state index contributed by atoms with van der Waals surface area (Å²) in [5.74, 6) is 0.732. The highest BCUT2D eigenvalue weighted by Crippen LogP contribution is 2.47. The standard InChI is InChI=1S/C28H28FNO4.C14H10O4/c1-18-25-14-23(32)7-10-26(25)34-28(27(18)21-3-2-4-22(31)13-21)20-5-8-24(9-6-20)33-12-11-30-16-19(15-29)17-30;15-12-6-4-9(5-7-12)13(16)10-2-1-3-11(8-10)14(17)18/h2-10,13-14,19,28,31-32H,11-12,15-17H2,1H3;1-8,15H,(H,17,18)/t28-;/m1./s1. The maximum absolute atomic E-state index is 12.6. The van der Waals surface area contributed by atoms with E-state index in [9.17, 15) is 24.2 Å². The molecule has 10 heteroatoms. The molecule has 0 radical (unpaired) electrons. The van der Waals surface area contributed by atoms with Gasteiger partial charge in [0.2, 0.25) is 0 Å². The van der Waals surface area contributed by atoms with Crippen LogP contribution in [0, 0.1) is 5.92 Å². The summed E-state index contributed by atoms with van der Waals surface area (Å²) in [4.78, 5) is 25.1. The number of fused-ring (bicyclic) bond motifs is 1. The third-order valence-corrected chi connectivity index (χ3v) is 9.05. The van der Waals surface area contributed by atoms with Crippen LogP contribution in [0.2, 0.25) is 0 Å². The second-order valence-corrected chi connectivity index (χ2v) is 12.7. The van der Waals surface area contributed by atoms with Crippen LogP contribution in [0.5, 0.6) is 28.7 Å². The van der Waals surface area contributed by atoms with Gasteiger partial charge in [0.25, 0.3) is 0 Å². The predicted octanol–water partition coefficient (Wildman–Crippen LogP) is 7.76. The summed E-state index contributed by atoms with van der Waals surface area (Å²) < 4.78 is 24.9. The molecule has 0 spiro atoms. The van der Waals surface area contributed by atoms with Crippen molar-refractivity contribution in [3.8, 4) is 28.7 Å². The molecule has 0 aliphatic carbocycles. The zero-order valence-electron chi connectivity index (χ0n) is 28.4. The lowest BCUT2D eigenvalue weighted by Gasteiger charge is -2.37. The number of halogens is 1. The Hall–Kier alpha value is -6.13. The highest BCUT2D eigenvalue weighted by molar-refractivity contribution is 6.10. The van der Waals surface area contributed by atoms with Crippen molar-refractivity contribution in [1.82, 2.24) is 4.90 Å². The Morgan fingerprint density at radius 3 is 2.15 bits per heavy atom. The van der Waals surface area contributed by atoms with Gasteiger partial charge in [0.15, 0.2) is 5.78 Å². The molecule has 52 heavy (non-hydrogen) atoms. The number of ketones is 1. The van der Waals surface area contributed by atoms with Gasteiger partial charge in [0, 0.05) is 47.8 Å². The van der Waals surface area contributed by atoms with Crippen LogP contribution >= 0.6 is 0 Å². The first-order valence-corrected chi connectivity index (χ1v) is 16.8. The van der Waals surface area contributed by atoms with E-state index in [1.807, 2.05) is 43.3 Å². The fraction of sp³-hybridized carbons (Fsp3) is 0.190. The molecule has 266 valence electrons. The first-order chi connectivity index (χ1) is 25.1. The smallest absolute Gasteiger partial charge is 0.335 e. The van der Waals surface area contributed by atoms with E-state index in [1.54, 1.807) is 36.4 Å². The van der Waals surface area contributed by atoms with Gasteiger partial charge in [0.05, 0.1) is 12.2 Å². The van der Waals surface area contributed by atoms with Crippen LogP contribution in [-0.4, -0.2) is 70.0 Å². The highest BCUT2D eigenvalue weighted by atomic mass is 19.1. The fourth-order valence-electron chi connectivity index (χ4n) is 6.28. The van der Waals surface area contributed by atoms with Crippen LogP contribution in [0.1, 0.15) is 56.0 Å². The molecule has 1 fully saturated rings. The van der Waals surface area contributed by atoms with Crippen molar-refractivity contribution in [3.05, 3.63) is 149 Å². The summed E-state index contributed by atoms with van der Waals surface area (Å²) in [6, 6.07) is 31.7. The number of carboxylic acids is 1. The molecule has 2 aliphatic heterocycles. The molecule has 5 aromatic rings. The number of phenols is 3. The Morgan fingerprint density at radius 1 is 0.788 bits per heavy atom. The quantitative estimate of drug-likeness (QED) is 0.108. The molecule has 0 amide bonds. The fourth-order valence-corrected chi connectivity index (χ4v) is 6.28. The van der Waals surface area contributed by atoms with Gasteiger partial charge in [-0.25, -0.2) is 4.79 Å². The first-order valence-electron chi connectivity index (χ1n) is 16.8. The first kappa shape index (κ1) is 35.7. The monoisotopic (exact) mass is 703 g/mol. The number of hydrogen-bond donors (Lipinski definition) is 4. The van der Waals surface area contributed by atoms with E-state index in [0.717, 1.165) is 53.2 Å². The van der Waals surface area contributed by atoms with Crippen molar-refractivity contribution in [2.45, 2.75) is 13.0 Å². The normalized spacial score (nSPS) is 15.4. The number of rotatable bonds is 10. The van der Waals surface area contributed by atoms with E-state index in [0.29, 0.717) is 23.5 Å². The average molecular weight is 704 g/mol. The van der Waals surface area contributed by atoms with Gasteiger partial charge in [-0.2, -0.15) is 0 Å². The van der Waals surface area contributed by atoms with Crippen molar-refractivity contribution in [2.24, 2.45) is 5.92 Å². The number of alkyl halides is 1. The Labute approximate surface area is 300 Å². The van der Waals surface area contributed by atoms with E-state index in [1.165, 1.54) is 42.5 Å². The second kappa shape index (κ2) is 15.8. The van der Waals surface area contributed by atoms with Crippen molar-refractivity contribution in [3.63, 3.8) is 0 Å². The molecule has 1 saturated heterocycles. The van der Waals surface area contributed by atoms with Crippen LogP contribution in [0.15, 0.2) is 115 Å². The summed E-state index contributed by atoms with van der Waals surface area (Å²) >= 11 is 0.